The molecule has 2 aromatic carbocycles. The highest BCUT2D eigenvalue weighted by molar-refractivity contribution is 6.07. The molecule has 0 unspecified atom stereocenters. The maximum atomic E-state index is 13.7. The minimum absolute atomic E-state index is 0.0723. The highest BCUT2D eigenvalue weighted by atomic mass is 19.1. The predicted octanol–water partition coefficient (Wildman–Crippen LogP) is 3.43. The van der Waals surface area contributed by atoms with Crippen LogP contribution in [0.1, 0.15) is 28.8 Å². The van der Waals surface area contributed by atoms with Crippen LogP contribution in [0.25, 0.3) is 10.9 Å². The summed E-state index contributed by atoms with van der Waals surface area (Å²) >= 11 is 0. The Hall–Kier alpha value is -3.75. The van der Waals surface area contributed by atoms with Crippen molar-refractivity contribution in [2.24, 2.45) is 5.92 Å². The number of halogens is 1. The minimum Gasteiger partial charge on any atom is -0.360 e. The highest BCUT2D eigenvalue weighted by Crippen LogP contribution is 2.26. The molecule has 9 heteroatoms. The van der Waals surface area contributed by atoms with Gasteiger partial charge in [-0.15, -0.1) is 0 Å². The number of hydrogen-bond acceptors (Lipinski definition) is 4. The van der Waals surface area contributed by atoms with Gasteiger partial charge in [0.15, 0.2) is 0 Å². The van der Waals surface area contributed by atoms with Gasteiger partial charge in [-0.2, -0.15) is 0 Å². The number of aromatic nitrogens is 1. The van der Waals surface area contributed by atoms with Gasteiger partial charge in [-0.1, -0.05) is 18.2 Å². The monoisotopic (exact) mass is 438 g/mol. The SMILES string of the molecule is O=C(NCCc1ccccc1F)C1CCN(C(=O)c2c[nH]c3ccc([N+](=O)[O-])cc23)CC1. The fourth-order valence-corrected chi connectivity index (χ4v) is 4.08. The van der Waals surface area contributed by atoms with E-state index in [9.17, 15) is 24.1 Å². The Labute approximate surface area is 183 Å². The lowest BCUT2D eigenvalue weighted by atomic mass is 9.95. The van der Waals surface area contributed by atoms with Crippen molar-refractivity contribution in [3.63, 3.8) is 0 Å². The number of non-ortho nitro benzene ring substituents is 1. The lowest BCUT2D eigenvalue weighted by Crippen LogP contribution is -2.43. The van der Waals surface area contributed by atoms with Gasteiger partial charge in [-0.3, -0.25) is 19.7 Å². The largest absolute Gasteiger partial charge is 0.360 e. The number of hydrogen-bond donors (Lipinski definition) is 2. The first kappa shape index (κ1) is 21.5. The van der Waals surface area contributed by atoms with Gasteiger partial charge in [0.05, 0.1) is 10.5 Å². The zero-order valence-corrected chi connectivity index (χ0v) is 17.3. The summed E-state index contributed by atoms with van der Waals surface area (Å²) in [5.41, 5.74) is 1.53. The van der Waals surface area contributed by atoms with Crippen LogP contribution in [-0.4, -0.2) is 46.3 Å². The Morgan fingerprint density at radius 3 is 2.66 bits per heavy atom. The number of carbonyl (C=O) groups is 2. The average molecular weight is 438 g/mol. The van der Waals surface area contributed by atoms with Crippen molar-refractivity contribution in [1.82, 2.24) is 15.2 Å². The number of nitrogens with one attached hydrogen (secondary N) is 2. The highest BCUT2D eigenvalue weighted by Gasteiger charge is 2.29. The van der Waals surface area contributed by atoms with E-state index in [4.69, 9.17) is 0 Å². The minimum atomic E-state index is -0.489. The zero-order valence-electron chi connectivity index (χ0n) is 17.3. The van der Waals surface area contributed by atoms with Crippen molar-refractivity contribution in [1.29, 1.82) is 0 Å². The van der Waals surface area contributed by atoms with Crippen LogP contribution in [0.4, 0.5) is 10.1 Å². The topological polar surface area (TPSA) is 108 Å². The number of amides is 2. The van der Waals surface area contributed by atoms with Crippen LogP contribution < -0.4 is 5.32 Å². The van der Waals surface area contributed by atoms with Gasteiger partial charge >= 0.3 is 0 Å². The van der Waals surface area contributed by atoms with Gasteiger partial charge in [0.2, 0.25) is 5.91 Å². The summed E-state index contributed by atoms with van der Waals surface area (Å²) in [4.78, 5) is 40.7. The molecule has 4 rings (SSSR count). The summed E-state index contributed by atoms with van der Waals surface area (Å²) in [6.07, 6.45) is 3.04. The van der Waals surface area contributed by atoms with Crippen molar-refractivity contribution in [2.75, 3.05) is 19.6 Å². The Kier molecular flexibility index (Phi) is 6.16. The van der Waals surface area contributed by atoms with Gasteiger partial charge in [0.1, 0.15) is 5.82 Å². The second-order valence-corrected chi connectivity index (χ2v) is 7.89. The summed E-state index contributed by atoms with van der Waals surface area (Å²) in [7, 11) is 0. The van der Waals surface area contributed by atoms with E-state index >= 15 is 0 Å². The molecule has 8 nitrogen and oxygen atoms in total. The molecule has 1 aliphatic heterocycles. The van der Waals surface area contributed by atoms with E-state index in [0.29, 0.717) is 60.9 Å². The van der Waals surface area contributed by atoms with Gasteiger partial charge < -0.3 is 15.2 Å². The van der Waals surface area contributed by atoms with Gasteiger partial charge in [-0.05, 0) is 37.0 Å². The molecule has 0 radical (unpaired) electrons. The summed E-state index contributed by atoms with van der Waals surface area (Å²) in [6, 6.07) is 10.9. The van der Waals surface area contributed by atoms with Crippen molar-refractivity contribution >= 4 is 28.4 Å². The molecule has 166 valence electrons. The Morgan fingerprint density at radius 1 is 1.19 bits per heavy atom. The van der Waals surface area contributed by atoms with Gasteiger partial charge in [-0.25, -0.2) is 4.39 Å². The number of fused-ring (bicyclic) bond motifs is 1. The number of aromatic amines is 1. The van der Waals surface area contributed by atoms with E-state index in [1.807, 2.05) is 0 Å². The van der Waals surface area contributed by atoms with Crippen molar-refractivity contribution in [3.05, 3.63) is 75.7 Å². The van der Waals surface area contributed by atoms with Crippen molar-refractivity contribution in [2.45, 2.75) is 19.3 Å². The molecule has 3 aromatic rings. The molecule has 2 N–H and O–H groups in total. The van der Waals surface area contributed by atoms with Crippen LogP contribution in [0.2, 0.25) is 0 Å². The first-order valence-electron chi connectivity index (χ1n) is 10.5. The maximum absolute atomic E-state index is 13.7. The molecule has 2 amide bonds. The van der Waals surface area contributed by atoms with Gasteiger partial charge in [0, 0.05) is 54.8 Å². The predicted molar refractivity (Wildman–Crippen MR) is 117 cm³/mol. The molecule has 0 atom stereocenters. The molecule has 1 saturated heterocycles. The number of H-pyrrole nitrogens is 1. The number of nitrogens with zero attached hydrogens (tertiary/aromatic N) is 2. The van der Waals surface area contributed by atoms with Crippen LogP contribution in [0.5, 0.6) is 0 Å². The molecule has 0 spiro atoms. The molecule has 1 fully saturated rings. The van der Waals surface area contributed by atoms with Crippen LogP contribution in [0.3, 0.4) is 0 Å². The first-order chi connectivity index (χ1) is 15.4. The molecule has 32 heavy (non-hydrogen) atoms. The number of carbonyl (C=O) groups excluding carboxylic acids is 2. The van der Waals surface area contributed by atoms with E-state index in [2.05, 4.69) is 10.3 Å². The summed E-state index contributed by atoms with van der Waals surface area (Å²) in [6.45, 7) is 1.20. The molecular formula is C23H23FN4O4. The number of nitro benzene ring substituents is 1. The number of rotatable bonds is 6. The quantitative estimate of drug-likeness (QED) is 0.454. The Bertz CT molecular complexity index is 1170. The van der Waals surface area contributed by atoms with Crippen LogP contribution in [0.15, 0.2) is 48.7 Å². The molecule has 0 aliphatic carbocycles. The number of benzene rings is 2. The average Bonchev–Trinajstić information content (AvgIpc) is 3.23. The van der Waals surface area contributed by atoms with E-state index in [1.165, 1.54) is 18.2 Å². The van der Waals surface area contributed by atoms with Crippen molar-refractivity contribution < 1.29 is 18.9 Å². The molecule has 0 bridgehead atoms. The third-order valence-corrected chi connectivity index (χ3v) is 5.91. The van der Waals surface area contributed by atoms with E-state index < -0.39 is 4.92 Å². The number of likely N-dealkylation sites (tertiary alicyclic amines) is 1. The van der Waals surface area contributed by atoms with E-state index in [-0.39, 0.29) is 29.2 Å². The smallest absolute Gasteiger partial charge is 0.270 e. The van der Waals surface area contributed by atoms with Crippen molar-refractivity contribution in [3.8, 4) is 0 Å². The normalized spacial score (nSPS) is 14.5. The second-order valence-electron chi connectivity index (χ2n) is 7.89. The summed E-state index contributed by atoms with van der Waals surface area (Å²) < 4.78 is 13.7. The third-order valence-electron chi connectivity index (χ3n) is 5.91. The van der Waals surface area contributed by atoms with Crippen LogP contribution in [0, 0.1) is 21.8 Å². The maximum Gasteiger partial charge on any atom is 0.270 e. The fraction of sp³-hybridized carbons (Fsp3) is 0.304. The molecule has 1 aromatic heterocycles. The Morgan fingerprint density at radius 2 is 1.94 bits per heavy atom. The van der Waals surface area contributed by atoms with Crippen LogP contribution >= 0.6 is 0 Å². The summed E-state index contributed by atoms with van der Waals surface area (Å²) in [5.74, 6) is -0.786. The zero-order chi connectivity index (χ0) is 22.7. The van der Waals surface area contributed by atoms with Crippen LogP contribution in [-0.2, 0) is 11.2 Å². The van der Waals surface area contributed by atoms with E-state index in [1.54, 1.807) is 35.4 Å². The van der Waals surface area contributed by atoms with E-state index in [0.717, 1.165) is 0 Å². The molecule has 1 aliphatic rings. The van der Waals surface area contributed by atoms with Gasteiger partial charge in [0.25, 0.3) is 11.6 Å². The third kappa shape index (κ3) is 4.46. The molecule has 0 saturated carbocycles. The first-order valence-corrected chi connectivity index (χ1v) is 10.5. The second kappa shape index (κ2) is 9.17. The summed E-state index contributed by atoms with van der Waals surface area (Å²) in [5, 5.41) is 14.4. The lowest BCUT2D eigenvalue weighted by molar-refractivity contribution is -0.384. The molecule has 2 heterocycles. The lowest BCUT2D eigenvalue weighted by Gasteiger charge is -2.31. The fourth-order valence-electron chi connectivity index (χ4n) is 4.08. The Balaban J connectivity index is 1.32. The molecular weight excluding hydrogens is 415 g/mol. The number of nitro groups is 1. The standard InChI is InChI=1S/C23H23FN4O4/c24-20-4-2-1-3-15(20)7-10-25-22(29)16-8-11-27(12-9-16)23(30)19-14-26-21-6-5-17(28(31)32)13-18(19)21/h1-6,13-14,16,26H,7-12H2,(H,25,29). The number of piperidine rings is 1.